The molecular formula is C20H19ClFN5O4. The number of nitrogens with one attached hydrogen (secondary N) is 1. The number of aryl methyl sites for hydroxylation is 1. The van der Waals surface area contributed by atoms with Crippen molar-refractivity contribution in [1.82, 2.24) is 19.3 Å². The van der Waals surface area contributed by atoms with Gasteiger partial charge in [0.05, 0.1) is 5.02 Å². The van der Waals surface area contributed by atoms with Crippen molar-refractivity contribution in [1.29, 1.82) is 0 Å². The molecule has 9 nitrogen and oxygen atoms in total. The molecule has 0 fully saturated rings. The van der Waals surface area contributed by atoms with E-state index >= 15 is 0 Å². The monoisotopic (exact) mass is 447 g/mol. The largest absolute Gasteiger partial charge is 0.339 e. The van der Waals surface area contributed by atoms with E-state index < -0.39 is 29.5 Å². The third-order valence-electron chi connectivity index (χ3n) is 5.08. The molecule has 0 saturated heterocycles. The van der Waals surface area contributed by atoms with Gasteiger partial charge in [-0.15, -0.1) is 0 Å². The summed E-state index contributed by atoms with van der Waals surface area (Å²) < 4.78 is 20.8. The smallest absolute Gasteiger partial charge is 0.331 e. The summed E-state index contributed by atoms with van der Waals surface area (Å²) in [5.41, 5.74) is -0.274. The highest BCUT2D eigenvalue weighted by molar-refractivity contribution is 6.31. The zero-order valence-corrected chi connectivity index (χ0v) is 17.4. The van der Waals surface area contributed by atoms with Gasteiger partial charge < -0.3 is 9.84 Å². The highest BCUT2D eigenvalue weighted by Gasteiger charge is 2.26. The van der Waals surface area contributed by atoms with Crippen LogP contribution in [0, 0.1) is 5.82 Å². The number of hydrogen-bond donors (Lipinski definition) is 1. The molecule has 1 aliphatic heterocycles. The van der Waals surface area contributed by atoms with E-state index in [2.05, 4.69) is 15.5 Å². The topological polar surface area (TPSA) is 112 Å². The second-order valence-corrected chi connectivity index (χ2v) is 7.55. The Balaban J connectivity index is 1.74. The van der Waals surface area contributed by atoms with E-state index in [9.17, 15) is 18.8 Å². The Hall–Kier alpha value is -3.27. The molecule has 3 aromatic rings. The second kappa shape index (κ2) is 8.46. The van der Waals surface area contributed by atoms with Crippen LogP contribution in [0.25, 0.3) is 11.4 Å². The van der Waals surface area contributed by atoms with E-state index in [0.29, 0.717) is 31.0 Å². The zero-order valence-electron chi connectivity index (χ0n) is 16.7. The molecule has 0 spiro atoms. The number of halogens is 2. The summed E-state index contributed by atoms with van der Waals surface area (Å²) in [5.74, 6) is -0.786. The van der Waals surface area contributed by atoms with Gasteiger partial charge in [-0.2, -0.15) is 4.98 Å². The third kappa shape index (κ3) is 4.02. The van der Waals surface area contributed by atoms with Crippen molar-refractivity contribution in [2.75, 3.05) is 5.32 Å². The van der Waals surface area contributed by atoms with Crippen LogP contribution in [0.2, 0.25) is 5.02 Å². The molecule has 162 valence electrons. The van der Waals surface area contributed by atoms with E-state index in [1.807, 2.05) is 6.92 Å². The highest BCUT2D eigenvalue weighted by Crippen LogP contribution is 2.22. The molecule has 0 saturated carbocycles. The van der Waals surface area contributed by atoms with Gasteiger partial charge in [0.2, 0.25) is 17.6 Å². The number of aromatic nitrogens is 4. The van der Waals surface area contributed by atoms with Gasteiger partial charge in [-0.25, -0.2) is 9.18 Å². The first kappa shape index (κ1) is 21.0. The SMILES string of the molecule is CCc1nc(-c2c3n(c(=O)n(CC(=O)Nc4ccc(F)c(Cl)c4)c2=O)CCCC3)no1. The Morgan fingerprint density at radius 3 is 2.84 bits per heavy atom. The fourth-order valence-corrected chi connectivity index (χ4v) is 3.76. The van der Waals surface area contributed by atoms with Crippen molar-refractivity contribution in [2.45, 2.75) is 45.7 Å². The predicted octanol–water partition coefficient (Wildman–Crippen LogP) is 2.39. The molecule has 1 amide bonds. The van der Waals surface area contributed by atoms with Crippen LogP contribution in [0.1, 0.15) is 31.4 Å². The molecule has 1 aliphatic rings. The van der Waals surface area contributed by atoms with Gasteiger partial charge in [-0.3, -0.25) is 18.7 Å². The summed E-state index contributed by atoms with van der Waals surface area (Å²) in [4.78, 5) is 43.0. The fourth-order valence-electron chi connectivity index (χ4n) is 3.58. The minimum absolute atomic E-state index is 0.104. The van der Waals surface area contributed by atoms with Crippen LogP contribution >= 0.6 is 11.6 Å². The van der Waals surface area contributed by atoms with Crippen LogP contribution in [0.3, 0.4) is 0 Å². The molecule has 3 heterocycles. The number of nitrogens with zero attached hydrogens (tertiary/aromatic N) is 4. The summed E-state index contributed by atoms with van der Waals surface area (Å²) in [7, 11) is 0. The summed E-state index contributed by atoms with van der Waals surface area (Å²) in [6.07, 6.45) is 2.62. The van der Waals surface area contributed by atoms with Crippen molar-refractivity contribution < 1.29 is 13.7 Å². The van der Waals surface area contributed by atoms with Crippen molar-refractivity contribution in [3.63, 3.8) is 0 Å². The predicted molar refractivity (Wildman–Crippen MR) is 111 cm³/mol. The van der Waals surface area contributed by atoms with Crippen molar-refractivity contribution in [2.24, 2.45) is 0 Å². The van der Waals surface area contributed by atoms with E-state index in [-0.39, 0.29) is 22.1 Å². The Morgan fingerprint density at radius 1 is 1.32 bits per heavy atom. The van der Waals surface area contributed by atoms with Crippen LogP contribution in [0.5, 0.6) is 0 Å². The van der Waals surface area contributed by atoms with Gasteiger partial charge in [0, 0.05) is 24.3 Å². The summed E-state index contributed by atoms with van der Waals surface area (Å²) in [6, 6.07) is 3.68. The zero-order chi connectivity index (χ0) is 22.1. The molecule has 2 aromatic heterocycles. The average molecular weight is 448 g/mol. The standard InChI is InChI=1S/C20H19ClFN5O4/c1-2-16-24-18(25-31-16)17-14-5-3-4-8-26(14)20(30)27(19(17)29)10-15(28)23-11-6-7-13(22)12(21)9-11/h6-7,9H,2-5,8,10H2,1H3,(H,23,28). The minimum Gasteiger partial charge on any atom is -0.339 e. The molecule has 0 aliphatic carbocycles. The second-order valence-electron chi connectivity index (χ2n) is 7.15. The molecule has 4 rings (SSSR count). The molecule has 0 radical (unpaired) electrons. The van der Waals surface area contributed by atoms with Crippen molar-refractivity contribution in [3.8, 4) is 11.4 Å². The number of anilines is 1. The van der Waals surface area contributed by atoms with Gasteiger partial charge in [-0.05, 0) is 37.5 Å². The van der Waals surface area contributed by atoms with Crippen LogP contribution in [-0.2, 0) is 30.7 Å². The first-order valence-electron chi connectivity index (χ1n) is 9.83. The average Bonchev–Trinajstić information content (AvgIpc) is 3.23. The quantitative estimate of drug-likeness (QED) is 0.642. The molecule has 0 unspecified atom stereocenters. The van der Waals surface area contributed by atoms with Crippen molar-refractivity contribution >= 4 is 23.2 Å². The van der Waals surface area contributed by atoms with Gasteiger partial charge in [-0.1, -0.05) is 23.7 Å². The lowest BCUT2D eigenvalue weighted by Gasteiger charge is -2.21. The maximum Gasteiger partial charge on any atom is 0.331 e. The summed E-state index contributed by atoms with van der Waals surface area (Å²) in [5, 5.41) is 6.26. The number of hydrogen-bond acceptors (Lipinski definition) is 6. The van der Waals surface area contributed by atoms with Crippen LogP contribution < -0.4 is 16.6 Å². The van der Waals surface area contributed by atoms with Gasteiger partial charge in [0.1, 0.15) is 17.9 Å². The lowest BCUT2D eigenvalue weighted by atomic mass is 10.0. The van der Waals surface area contributed by atoms with Gasteiger partial charge in [0.25, 0.3) is 5.56 Å². The van der Waals surface area contributed by atoms with Crippen LogP contribution in [0.4, 0.5) is 10.1 Å². The molecular weight excluding hydrogens is 429 g/mol. The minimum atomic E-state index is -0.658. The summed E-state index contributed by atoms with van der Waals surface area (Å²) in [6.45, 7) is 1.74. The Labute approximate surface area is 180 Å². The van der Waals surface area contributed by atoms with E-state index in [1.165, 1.54) is 16.7 Å². The molecule has 31 heavy (non-hydrogen) atoms. The molecule has 11 heteroatoms. The first-order valence-corrected chi connectivity index (χ1v) is 10.2. The Morgan fingerprint density at radius 2 is 2.13 bits per heavy atom. The maximum atomic E-state index is 13.3. The van der Waals surface area contributed by atoms with Crippen molar-refractivity contribution in [3.05, 3.63) is 61.5 Å². The van der Waals surface area contributed by atoms with Gasteiger partial charge >= 0.3 is 5.69 Å². The molecule has 0 atom stereocenters. The van der Waals surface area contributed by atoms with Crippen LogP contribution in [-0.4, -0.2) is 25.2 Å². The first-order chi connectivity index (χ1) is 14.9. The molecule has 1 aromatic carbocycles. The number of carbonyl (C=O) groups is 1. The Bertz CT molecular complexity index is 1280. The number of carbonyl (C=O) groups excluding carboxylic acids is 1. The maximum absolute atomic E-state index is 13.3. The van der Waals surface area contributed by atoms with E-state index in [1.54, 1.807) is 0 Å². The van der Waals surface area contributed by atoms with Crippen LogP contribution in [0.15, 0.2) is 32.3 Å². The van der Waals surface area contributed by atoms with Gasteiger partial charge in [0.15, 0.2) is 0 Å². The lowest BCUT2D eigenvalue weighted by molar-refractivity contribution is -0.116. The fraction of sp³-hybridized carbons (Fsp3) is 0.350. The number of benzene rings is 1. The summed E-state index contributed by atoms with van der Waals surface area (Å²) >= 11 is 5.73. The highest BCUT2D eigenvalue weighted by atomic mass is 35.5. The number of amides is 1. The third-order valence-corrected chi connectivity index (χ3v) is 5.37. The normalized spacial score (nSPS) is 13.1. The number of fused-ring (bicyclic) bond motifs is 1. The van der Waals surface area contributed by atoms with E-state index in [4.69, 9.17) is 16.1 Å². The Kier molecular flexibility index (Phi) is 5.73. The molecule has 0 bridgehead atoms. The molecule has 1 N–H and O–H groups in total. The number of rotatable bonds is 5. The lowest BCUT2D eigenvalue weighted by Crippen LogP contribution is -2.45. The van der Waals surface area contributed by atoms with E-state index in [0.717, 1.165) is 23.5 Å².